The van der Waals surface area contributed by atoms with Gasteiger partial charge in [0.25, 0.3) is 5.69 Å². The molecular weight excluding hydrogens is 416 g/mol. The number of carbonyl (C=O) groups excluding carboxylic acids is 1. The van der Waals surface area contributed by atoms with Gasteiger partial charge in [-0.1, -0.05) is 18.2 Å². The fraction of sp³-hybridized carbons (Fsp3) is 0.474. The summed E-state index contributed by atoms with van der Waals surface area (Å²) in [6.45, 7) is 7.84. The van der Waals surface area contributed by atoms with E-state index in [4.69, 9.17) is 4.74 Å². The van der Waals surface area contributed by atoms with E-state index in [9.17, 15) is 33.2 Å². The fourth-order valence-corrected chi connectivity index (χ4v) is 4.17. The summed E-state index contributed by atoms with van der Waals surface area (Å²) in [4.78, 5) is 33.7. The predicted molar refractivity (Wildman–Crippen MR) is 108 cm³/mol. The molecule has 10 nitrogen and oxygen atoms in total. The highest BCUT2D eigenvalue weighted by atomic mass is 32.2. The molecule has 0 radical (unpaired) electrons. The van der Waals surface area contributed by atoms with Crippen molar-refractivity contribution in [3.05, 3.63) is 47.0 Å². The largest absolute Gasteiger partial charge is 0.481 e. The Hall–Kier alpha value is -2.79. The minimum absolute atomic E-state index is 0.0848. The van der Waals surface area contributed by atoms with Gasteiger partial charge in [0.15, 0.2) is 10.8 Å². The number of nitro benzene ring substituents is 1. The van der Waals surface area contributed by atoms with Gasteiger partial charge in [0.1, 0.15) is 5.60 Å². The summed E-state index contributed by atoms with van der Waals surface area (Å²) >= 11 is 0. The molecule has 1 rings (SSSR count). The van der Waals surface area contributed by atoms with E-state index in [1.165, 1.54) is 18.2 Å². The smallest absolute Gasteiger partial charge is 0.320 e. The molecule has 0 saturated heterocycles. The summed E-state index contributed by atoms with van der Waals surface area (Å²) in [5.41, 5.74) is -1.51. The van der Waals surface area contributed by atoms with Crippen molar-refractivity contribution in [2.75, 3.05) is 13.1 Å². The quantitative estimate of drug-likeness (QED) is 0.181. The van der Waals surface area contributed by atoms with E-state index in [2.05, 4.69) is 6.58 Å². The summed E-state index contributed by atoms with van der Waals surface area (Å²) in [6.07, 6.45) is 1.33. The van der Waals surface area contributed by atoms with E-state index in [0.717, 1.165) is 16.4 Å². The first kappa shape index (κ1) is 25.2. The van der Waals surface area contributed by atoms with E-state index >= 15 is 0 Å². The number of nitro groups is 1. The third kappa shape index (κ3) is 6.92. The zero-order chi connectivity index (χ0) is 23.1. The number of esters is 1. The second-order valence-electron chi connectivity index (χ2n) is 7.42. The minimum atomic E-state index is -4.33. The SMILES string of the molecule is C=CCCN(CCC(C(=O)O)C(=O)OC(C)(C)C)S(=O)(=O)c1ccccc1[N+](=O)[O-]. The number of benzene rings is 1. The molecule has 1 atom stereocenters. The van der Waals surface area contributed by atoms with Gasteiger partial charge in [0.2, 0.25) is 10.0 Å². The van der Waals surface area contributed by atoms with Gasteiger partial charge < -0.3 is 9.84 Å². The van der Waals surface area contributed by atoms with E-state index in [-0.39, 0.29) is 25.9 Å². The zero-order valence-electron chi connectivity index (χ0n) is 17.1. The molecule has 1 N–H and O–H groups in total. The molecule has 1 aromatic carbocycles. The first-order chi connectivity index (χ1) is 13.8. The lowest BCUT2D eigenvalue weighted by Crippen LogP contribution is -2.38. The second-order valence-corrected chi connectivity index (χ2v) is 9.33. The maximum absolute atomic E-state index is 13.1. The van der Waals surface area contributed by atoms with Gasteiger partial charge in [-0.15, -0.1) is 6.58 Å². The highest BCUT2D eigenvalue weighted by molar-refractivity contribution is 7.89. The van der Waals surface area contributed by atoms with Crippen molar-refractivity contribution in [2.45, 2.75) is 44.1 Å². The number of nitrogens with zero attached hydrogens (tertiary/aromatic N) is 2. The Morgan fingerprint density at radius 3 is 2.40 bits per heavy atom. The average Bonchev–Trinajstić information content (AvgIpc) is 2.62. The normalized spacial score (nSPS) is 12.9. The van der Waals surface area contributed by atoms with E-state index in [1.54, 1.807) is 20.8 Å². The first-order valence-electron chi connectivity index (χ1n) is 9.11. The highest BCUT2D eigenvalue weighted by Gasteiger charge is 2.35. The number of rotatable bonds is 11. The van der Waals surface area contributed by atoms with Crippen LogP contribution in [0.15, 0.2) is 41.8 Å². The van der Waals surface area contributed by atoms with Crippen LogP contribution in [0.4, 0.5) is 5.69 Å². The molecule has 0 amide bonds. The monoisotopic (exact) mass is 442 g/mol. The third-order valence-electron chi connectivity index (χ3n) is 3.92. The van der Waals surface area contributed by atoms with Crippen molar-refractivity contribution < 1.29 is 32.8 Å². The molecular formula is C19H26N2O8S. The van der Waals surface area contributed by atoms with Gasteiger partial charge >= 0.3 is 11.9 Å². The predicted octanol–water partition coefficient (Wildman–Crippen LogP) is 2.59. The molecule has 0 aromatic heterocycles. The fourth-order valence-electron chi connectivity index (χ4n) is 2.54. The lowest BCUT2D eigenvalue weighted by Gasteiger charge is -2.25. The number of sulfonamides is 1. The summed E-state index contributed by atoms with van der Waals surface area (Å²) in [5, 5.41) is 20.6. The van der Waals surface area contributed by atoms with Crippen LogP contribution < -0.4 is 0 Å². The van der Waals surface area contributed by atoms with Gasteiger partial charge in [-0.25, -0.2) is 8.42 Å². The second kappa shape index (κ2) is 10.3. The summed E-state index contributed by atoms with van der Waals surface area (Å²) in [7, 11) is -4.33. The molecule has 1 unspecified atom stereocenters. The van der Waals surface area contributed by atoms with Crippen molar-refractivity contribution in [1.29, 1.82) is 0 Å². The Bertz CT molecular complexity index is 905. The highest BCUT2D eigenvalue weighted by Crippen LogP contribution is 2.27. The molecule has 11 heteroatoms. The molecule has 0 spiro atoms. The van der Waals surface area contributed by atoms with Gasteiger partial charge in [0.05, 0.1) is 4.92 Å². The van der Waals surface area contributed by atoms with Gasteiger partial charge in [0, 0.05) is 19.2 Å². The molecule has 0 saturated carbocycles. The molecule has 166 valence electrons. The lowest BCUT2D eigenvalue weighted by molar-refractivity contribution is -0.387. The van der Waals surface area contributed by atoms with Crippen LogP contribution in [-0.4, -0.2) is 53.4 Å². The maximum Gasteiger partial charge on any atom is 0.320 e. The van der Waals surface area contributed by atoms with Crippen molar-refractivity contribution in [3.63, 3.8) is 0 Å². The Morgan fingerprint density at radius 2 is 1.90 bits per heavy atom. The van der Waals surface area contributed by atoms with Crippen molar-refractivity contribution >= 4 is 27.6 Å². The number of ether oxygens (including phenoxy) is 1. The van der Waals surface area contributed by atoms with Gasteiger partial charge in [-0.05, 0) is 39.7 Å². The van der Waals surface area contributed by atoms with E-state index in [1.807, 2.05) is 0 Å². The number of hydrogen-bond acceptors (Lipinski definition) is 7. The lowest BCUT2D eigenvalue weighted by atomic mass is 10.1. The van der Waals surface area contributed by atoms with Crippen LogP contribution in [0.5, 0.6) is 0 Å². The number of carbonyl (C=O) groups is 2. The molecule has 0 heterocycles. The summed E-state index contributed by atoms with van der Waals surface area (Å²) in [6, 6.07) is 4.87. The number of aliphatic carboxylic acids is 1. The number of hydrogen-bond donors (Lipinski definition) is 1. The van der Waals surface area contributed by atoms with E-state index < -0.39 is 49.0 Å². The van der Waals surface area contributed by atoms with Crippen LogP contribution in [-0.2, 0) is 24.3 Å². The van der Waals surface area contributed by atoms with Crippen molar-refractivity contribution in [3.8, 4) is 0 Å². The summed E-state index contributed by atoms with van der Waals surface area (Å²) in [5.74, 6) is -4.02. The maximum atomic E-state index is 13.1. The molecule has 0 aliphatic rings. The first-order valence-corrected chi connectivity index (χ1v) is 10.6. The number of carboxylic acids is 1. The minimum Gasteiger partial charge on any atom is -0.481 e. The molecule has 0 fully saturated rings. The third-order valence-corrected chi connectivity index (χ3v) is 5.86. The number of carboxylic acid groups (broad SMARTS) is 1. The summed E-state index contributed by atoms with van der Waals surface area (Å²) < 4.78 is 32.2. The Morgan fingerprint density at radius 1 is 1.30 bits per heavy atom. The Labute approximate surface area is 175 Å². The Balaban J connectivity index is 3.20. The van der Waals surface area contributed by atoms with Crippen LogP contribution in [0.1, 0.15) is 33.6 Å². The molecule has 0 bridgehead atoms. The van der Waals surface area contributed by atoms with Crippen molar-refractivity contribution in [2.24, 2.45) is 5.92 Å². The van der Waals surface area contributed by atoms with Crippen LogP contribution >= 0.6 is 0 Å². The molecule has 0 aliphatic heterocycles. The Kier molecular flexibility index (Phi) is 8.67. The topological polar surface area (TPSA) is 144 Å². The standard InChI is InChI=1S/C19H26N2O8S/c1-5-6-12-20(13-11-14(17(22)23)18(24)29-19(2,3)4)30(27,28)16-10-8-7-9-15(16)21(25)26/h5,7-10,14H,1,6,11-13H2,2-4H3,(H,22,23). The molecule has 30 heavy (non-hydrogen) atoms. The van der Waals surface area contributed by atoms with Crippen molar-refractivity contribution in [1.82, 2.24) is 4.31 Å². The van der Waals surface area contributed by atoms with Crippen LogP contribution in [0.2, 0.25) is 0 Å². The van der Waals surface area contributed by atoms with Gasteiger partial charge in [-0.2, -0.15) is 4.31 Å². The average molecular weight is 442 g/mol. The van der Waals surface area contributed by atoms with Gasteiger partial charge in [-0.3, -0.25) is 19.7 Å². The van der Waals surface area contributed by atoms with Crippen LogP contribution in [0.3, 0.4) is 0 Å². The number of para-hydroxylation sites is 1. The van der Waals surface area contributed by atoms with Crippen LogP contribution in [0.25, 0.3) is 0 Å². The molecule has 0 aliphatic carbocycles. The zero-order valence-corrected chi connectivity index (χ0v) is 17.9. The van der Waals surface area contributed by atoms with Crippen LogP contribution in [0, 0.1) is 16.0 Å². The molecule has 1 aromatic rings. The van der Waals surface area contributed by atoms with E-state index in [0.29, 0.717) is 0 Å².